The lowest BCUT2D eigenvalue weighted by atomic mass is 10.2. The smallest absolute Gasteiger partial charge is 0.326 e. The number of carboxylic acids is 1. The fourth-order valence-corrected chi connectivity index (χ4v) is 1.60. The largest absolute Gasteiger partial charge is 0.480 e. The Hall–Kier alpha value is -1.50. The second kappa shape index (κ2) is 4.83. The highest BCUT2D eigenvalue weighted by molar-refractivity contribution is 6.99. The van der Waals surface area contributed by atoms with Crippen LogP contribution in [0.3, 0.4) is 0 Å². The molecule has 1 atom stereocenters. The first-order valence-corrected chi connectivity index (χ1v) is 5.08. The molecular formula is C8H11N3O3S. The first-order chi connectivity index (χ1) is 7.07. The molecule has 0 radical (unpaired) electrons. The van der Waals surface area contributed by atoms with Crippen molar-refractivity contribution in [2.45, 2.75) is 19.4 Å². The van der Waals surface area contributed by atoms with Gasteiger partial charge in [0.2, 0.25) is 0 Å². The summed E-state index contributed by atoms with van der Waals surface area (Å²) in [4.78, 5) is 23.7. The summed E-state index contributed by atoms with van der Waals surface area (Å²) in [6.45, 7) is 1.71. The molecule has 0 saturated carbocycles. The van der Waals surface area contributed by atoms with Gasteiger partial charge in [-0.1, -0.05) is 6.92 Å². The lowest BCUT2D eigenvalue weighted by Crippen LogP contribution is -2.42. The summed E-state index contributed by atoms with van der Waals surface area (Å²) in [6, 6.07) is -0.820. The molecule has 0 aliphatic carbocycles. The maximum atomic E-state index is 11.7. The Morgan fingerprint density at radius 2 is 2.33 bits per heavy atom. The SMILES string of the molecule is CCC(C(=O)O)N(C)C(=O)c1cnsn1. The second-order valence-electron chi connectivity index (χ2n) is 2.97. The fourth-order valence-electron chi connectivity index (χ4n) is 1.20. The van der Waals surface area contributed by atoms with Gasteiger partial charge in [-0.25, -0.2) is 4.79 Å². The van der Waals surface area contributed by atoms with Gasteiger partial charge in [-0.15, -0.1) is 0 Å². The van der Waals surface area contributed by atoms with E-state index in [9.17, 15) is 9.59 Å². The molecule has 1 heterocycles. The zero-order chi connectivity index (χ0) is 11.4. The summed E-state index contributed by atoms with van der Waals surface area (Å²) >= 11 is 0.918. The quantitative estimate of drug-likeness (QED) is 0.811. The first-order valence-electron chi connectivity index (χ1n) is 4.35. The number of hydrogen-bond acceptors (Lipinski definition) is 5. The normalized spacial score (nSPS) is 12.1. The van der Waals surface area contributed by atoms with E-state index in [0.717, 1.165) is 11.7 Å². The van der Waals surface area contributed by atoms with Crippen molar-refractivity contribution < 1.29 is 14.7 Å². The van der Waals surface area contributed by atoms with Gasteiger partial charge in [-0.05, 0) is 6.42 Å². The number of rotatable bonds is 4. The fraction of sp³-hybridized carbons (Fsp3) is 0.500. The van der Waals surface area contributed by atoms with Crippen LogP contribution in [-0.4, -0.2) is 43.7 Å². The van der Waals surface area contributed by atoms with Crippen LogP contribution in [-0.2, 0) is 4.79 Å². The van der Waals surface area contributed by atoms with Crippen molar-refractivity contribution >= 4 is 23.6 Å². The van der Waals surface area contributed by atoms with Crippen LogP contribution in [0.4, 0.5) is 0 Å². The molecule has 0 aromatic carbocycles. The van der Waals surface area contributed by atoms with E-state index in [1.54, 1.807) is 6.92 Å². The molecule has 1 unspecified atom stereocenters. The number of carbonyl (C=O) groups excluding carboxylic acids is 1. The molecule has 6 nitrogen and oxygen atoms in total. The van der Waals surface area contributed by atoms with Crippen LogP contribution < -0.4 is 0 Å². The van der Waals surface area contributed by atoms with E-state index < -0.39 is 17.9 Å². The Morgan fingerprint density at radius 3 is 2.73 bits per heavy atom. The lowest BCUT2D eigenvalue weighted by molar-refractivity contribution is -0.142. The maximum absolute atomic E-state index is 11.7. The topological polar surface area (TPSA) is 83.4 Å². The molecule has 0 aliphatic heterocycles. The summed E-state index contributed by atoms with van der Waals surface area (Å²) in [6.07, 6.45) is 1.69. The number of hydrogen-bond donors (Lipinski definition) is 1. The van der Waals surface area contributed by atoms with Gasteiger partial charge in [-0.3, -0.25) is 4.79 Å². The van der Waals surface area contributed by atoms with Gasteiger partial charge in [0.05, 0.1) is 17.9 Å². The molecule has 0 aliphatic rings. The molecule has 1 rings (SSSR count). The van der Waals surface area contributed by atoms with Gasteiger partial charge in [0, 0.05) is 7.05 Å². The number of carbonyl (C=O) groups is 2. The summed E-state index contributed by atoms with van der Waals surface area (Å²) in [5.41, 5.74) is 0.183. The Morgan fingerprint density at radius 1 is 1.67 bits per heavy atom. The molecule has 0 spiro atoms. The molecule has 82 valence electrons. The molecule has 1 N–H and O–H groups in total. The van der Waals surface area contributed by atoms with Gasteiger partial charge in [0.1, 0.15) is 6.04 Å². The zero-order valence-electron chi connectivity index (χ0n) is 8.38. The van der Waals surface area contributed by atoms with E-state index in [1.807, 2.05) is 0 Å². The average Bonchev–Trinajstić information content (AvgIpc) is 2.69. The van der Waals surface area contributed by atoms with Gasteiger partial charge in [0.15, 0.2) is 5.69 Å². The standard InChI is InChI=1S/C8H11N3O3S/c1-3-6(8(13)14)11(2)7(12)5-4-9-15-10-5/h4,6H,3H2,1-2H3,(H,13,14). The van der Waals surface area contributed by atoms with Gasteiger partial charge in [0.25, 0.3) is 5.91 Å². The highest BCUT2D eigenvalue weighted by atomic mass is 32.1. The molecule has 0 saturated heterocycles. The highest BCUT2D eigenvalue weighted by Crippen LogP contribution is 2.07. The van der Waals surface area contributed by atoms with E-state index >= 15 is 0 Å². The van der Waals surface area contributed by atoms with Crippen LogP contribution >= 0.6 is 11.7 Å². The molecule has 1 amide bonds. The zero-order valence-corrected chi connectivity index (χ0v) is 9.19. The van der Waals surface area contributed by atoms with Crippen molar-refractivity contribution in [3.05, 3.63) is 11.9 Å². The van der Waals surface area contributed by atoms with Crippen LogP contribution in [0.15, 0.2) is 6.20 Å². The minimum absolute atomic E-state index is 0.183. The Balaban J connectivity index is 2.80. The lowest BCUT2D eigenvalue weighted by Gasteiger charge is -2.22. The third kappa shape index (κ3) is 2.50. The number of carboxylic acid groups (broad SMARTS) is 1. The van der Waals surface area contributed by atoms with Crippen molar-refractivity contribution in [1.82, 2.24) is 13.6 Å². The third-order valence-electron chi connectivity index (χ3n) is 2.04. The van der Waals surface area contributed by atoms with Crippen molar-refractivity contribution in [2.75, 3.05) is 7.05 Å². The van der Waals surface area contributed by atoms with Gasteiger partial charge < -0.3 is 10.0 Å². The van der Waals surface area contributed by atoms with E-state index in [-0.39, 0.29) is 5.69 Å². The van der Waals surface area contributed by atoms with Gasteiger partial charge in [-0.2, -0.15) is 8.75 Å². The summed E-state index contributed by atoms with van der Waals surface area (Å²) < 4.78 is 7.45. The van der Waals surface area contributed by atoms with Crippen molar-refractivity contribution in [1.29, 1.82) is 0 Å². The van der Waals surface area contributed by atoms with Crippen LogP contribution in [0, 0.1) is 0 Å². The predicted octanol–water partition coefficient (Wildman–Crippen LogP) is 0.473. The van der Waals surface area contributed by atoms with E-state index in [1.165, 1.54) is 18.1 Å². The second-order valence-corrected chi connectivity index (χ2v) is 3.53. The summed E-state index contributed by atoms with van der Waals surface area (Å²) in [5, 5.41) is 8.86. The number of aliphatic carboxylic acids is 1. The highest BCUT2D eigenvalue weighted by Gasteiger charge is 2.26. The molecule has 1 aromatic rings. The minimum atomic E-state index is -1.02. The first kappa shape index (κ1) is 11.6. The van der Waals surface area contributed by atoms with Crippen molar-refractivity contribution in [3.8, 4) is 0 Å². The monoisotopic (exact) mass is 229 g/mol. The minimum Gasteiger partial charge on any atom is -0.480 e. The molecule has 0 fully saturated rings. The molecule has 0 bridgehead atoms. The molecule has 7 heteroatoms. The van der Waals surface area contributed by atoms with Gasteiger partial charge >= 0.3 is 5.97 Å². The van der Waals surface area contributed by atoms with Crippen LogP contribution in [0.2, 0.25) is 0 Å². The summed E-state index contributed by atoms with van der Waals surface area (Å²) in [7, 11) is 1.45. The van der Waals surface area contributed by atoms with E-state index in [0.29, 0.717) is 6.42 Å². The van der Waals surface area contributed by atoms with Crippen LogP contribution in [0.25, 0.3) is 0 Å². The Bertz CT molecular complexity index is 352. The van der Waals surface area contributed by atoms with Crippen molar-refractivity contribution in [3.63, 3.8) is 0 Å². The average molecular weight is 229 g/mol. The third-order valence-corrected chi connectivity index (χ3v) is 2.52. The Labute approximate surface area is 90.9 Å². The predicted molar refractivity (Wildman–Crippen MR) is 53.7 cm³/mol. The number of aromatic nitrogens is 2. The number of likely N-dealkylation sites (N-methyl/N-ethyl adjacent to an activating group) is 1. The van der Waals surface area contributed by atoms with E-state index in [2.05, 4.69) is 8.75 Å². The maximum Gasteiger partial charge on any atom is 0.326 e. The number of nitrogens with zero attached hydrogens (tertiary/aromatic N) is 3. The number of amides is 1. The molecular weight excluding hydrogens is 218 g/mol. The van der Waals surface area contributed by atoms with Crippen LogP contribution in [0.5, 0.6) is 0 Å². The molecule has 15 heavy (non-hydrogen) atoms. The van der Waals surface area contributed by atoms with E-state index in [4.69, 9.17) is 5.11 Å². The van der Waals surface area contributed by atoms with Crippen LogP contribution in [0.1, 0.15) is 23.8 Å². The van der Waals surface area contributed by atoms with Crippen molar-refractivity contribution in [2.24, 2.45) is 0 Å². The Kier molecular flexibility index (Phi) is 3.73. The molecule has 1 aromatic heterocycles. The summed E-state index contributed by atoms with van der Waals surface area (Å²) in [5.74, 6) is -1.44.